The summed E-state index contributed by atoms with van der Waals surface area (Å²) in [7, 11) is 1.61. The van der Waals surface area contributed by atoms with Crippen LogP contribution in [-0.4, -0.2) is 33.9 Å². The predicted molar refractivity (Wildman–Crippen MR) is 139 cm³/mol. The number of nitrogens with zero attached hydrogens (tertiary/aromatic N) is 2. The molecular weight excluding hydrogens is 506 g/mol. The summed E-state index contributed by atoms with van der Waals surface area (Å²) < 4.78 is 8.33. The summed E-state index contributed by atoms with van der Waals surface area (Å²) in [5, 5.41) is 4.05. The summed E-state index contributed by atoms with van der Waals surface area (Å²) in [5.74, 6) is 0.333. The molecule has 0 aliphatic carbocycles. The molecule has 0 unspecified atom stereocenters. The summed E-state index contributed by atoms with van der Waals surface area (Å²) in [4.78, 5) is 29.4. The van der Waals surface area contributed by atoms with Gasteiger partial charge in [0.25, 0.3) is 5.91 Å². The van der Waals surface area contributed by atoms with Crippen molar-refractivity contribution in [2.75, 3.05) is 7.11 Å². The lowest BCUT2D eigenvalue weighted by Crippen LogP contribution is -2.63. The number of hydrogen-bond acceptors (Lipinski definition) is 3. The van der Waals surface area contributed by atoms with Gasteiger partial charge in [0.2, 0.25) is 5.91 Å². The van der Waals surface area contributed by atoms with Gasteiger partial charge in [-0.1, -0.05) is 64.5 Å². The van der Waals surface area contributed by atoms with E-state index in [9.17, 15) is 9.59 Å². The number of fused-ring (bicyclic) bond motifs is 3. The van der Waals surface area contributed by atoms with Gasteiger partial charge in [-0.25, -0.2) is 0 Å². The van der Waals surface area contributed by atoms with E-state index in [2.05, 4.69) is 21.2 Å². The van der Waals surface area contributed by atoms with E-state index in [0.717, 1.165) is 26.5 Å². The Bertz CT molecular complexity index is 1430. The Hall–Kier alpha value is -3.58. The molecule has 4 aromatic rings. The van der Waals surface area contributed by atoms with Gasteiger partial charge < -0.3 is 19.5 Å². The maximum atomic E-state index is 13.9. The van der Waals surface area contributed by atoms with Crippen molar-refractivity contribution in [2.45, 2.75) is 32.1 Å². The molecule has 0 radical (unpaired) electrons. The third-order valence-corrected chi connectivity index (χ3v) is 7.18. The van der Waals surface area contributed by atoms with Gasteiger partial charge in [-0.05, 0) is 42.8 Å². The van der Waals surface area contributed by atoms with E-state index in [1.165, 1.54) is 0 Å². The summed E-state index contributed by atoms with van der Waals surface area (Å²) >= 11 is 3.51. The van der Waals surface area contributed by atoms with Crippen molar-refractivity contribution in [1.82, 2.24) is 14.8 Å². The highest BCUT2D eigenvalue weighted by molar-refractivity contribution is 9.10. The second-order valence-corrected chi connectivity index (χ2v) is 9.88. The van der Waals surface area contributed by atoms with Crippen LogP contribution < -0.4 is 10.1 Å². The zero-order chi connectivity index (χ0) is 24.6. The third kappa shape index (κ3) is 4.21. The number of nitrogens with one attached hydrogen (secondary N) is 1. The molecule has 7 heteroatoms. The minimum absolute atomic E-state index is 0.164. The Balaban J connectivity index is 1.53. The van der Waals surface area contributed by atoms with Crippen LogP contribution in [0.4, 0.5) is 0 Å². The quantitative estimate of drug-likeness (QED) is 0.374. The van der Waals surface area contributed by atoms with Crippen LogP contribution in [0.3, 0.4) is 0 Å². The summed E-state index contributed by atoms with van der Waals surface area (Å²) in [6.07, 6.45) is 0. The first-order valence-electron chi connectivity index (χ1n) is 11.5. The number of benzene rings is 3. The molecule has 0 fully saturated rings. The van der Waals surface area contributed by atoms with E-state index in [1.54, 1.807) is 12.0 Å². The molecule has 1 atom stereocenters. The van der Waals surface area contributed by atoms with Crippen LogP contribution in [0.1, 0.15) is 28.5 Å². The summed E-state index contributed by atoms with van der Waals surface area (Å²) in [6.45, 7) is 2.82. The monoisotopic (exact) mass is 531 g/mol. The average Bonchev–Trinajstić information content (AvgIpc) is 3.23. The first kappa shape index (κ1) is 23.2. The standard InChI is InChI=1S/C28H26BrN3O3/c1-28(27(34)30-16-21-10-4-6-13-25(21)35-2)18-31-23-12-5-3-9-20(23)15-24(31)26(33)32(28)17-19-8-7-11-22(29)14-19/h3-15H,16-18H2,1-2H3,(H,30,34)/t28-/m1/s1. The highest BCUT2D eigenvalue weighted by Crippen LogP contribution is 2.34. The molecule has 1 aliphatic rings. The fraction of sp³-hybridized carbons (Fsp3) is 0.214. The molecular formula is C28H26BrN3O3. The molecule has 178 valence electrons. The van der Waals surface area contributed by atoms with Crippen molar-refractivity contribution in [3.63, 3.8) is 0 Å². The first-order valence-corrected chi connectivity index (χ1v) is 12.2. The van der Waals surface area contributed by atoms with Crippen molar-refractivity contribution in [2.24, 2.45) is 0 Å². The number of carbonyl (C=O) groups is 2. The number of ether oxygens (including phenoxy) is 1. The van der Waals surface area contributed by atoms with Gasteiger partial charge in [0.1, 0.15) is 17.0 Å². The summed E-state index contributed by atoms with van der Waals surface area (Å²) in [6, 6.07) is 25.2. The molecule has 0 spiro atoms. The number of aromatic nitrogens is 1. The van der Waals surface area contributed by atoms with Gasteiger partial charge in [0.05, 0.1) is 13.7 Å². The fourth-order valence-corrected chi connectivity index (χ4v) is 5.23. The minimum atomic E-state index is -1.10. The highest BCUT2D eigenvalue weighted by Gasteiger charge is 2.47. The van der Waals surface area contributed by atoms with Crippen molar-refractivity contribution < 1.29 is 14.3 Å². The number of methoxy groups -OCH3 is 1. The lowest BCUT2D eigenvalue weighted by Gasteiger charge is -2.44. The first-order chi connectivity index (χ1) is 16.9. The Morgan fingerprint density at radius 3 is 2.63 bits per heavy atom. The van der Waals surface area contributed by atoms with E-state index < -0.39 is 5.54 Å². The van der Waals surface area contributed by atoms with Crippen LogP contribution in [-0.2, 0) is 24.4 Å². The molecule has 2 heterocycles. The second kappa shape index (κ2) is 9.23. The van der Waals surface area contributed by atoms with Crippen molar-refractivity contribution in [1.29, 1.82) is 0 Å². The van der Waals surface area contributed by atoms with Crippen molar-refractivity contribution in [3.8, 4) is 5.75 Å². The maximum Gasteiger partial charge on any atom is 0.271 e. The molecule has 1 N–H and O–H groups in total. The zero-order valence-corrected chi connectivity index (χ0v) is 21.2. The van der Waals surface area contributed by atoms with E-state index in [1.807, 2.05) is 90.4 Å². The molecule has 1 aromatic heterocycles. The molecule has 0 saturated heterocycles. The lowest BCUT2D eigenvalue weighted by atomic mass is 9.93. The Labute approximate surface area is 212 Å². The van der Waals surface area contributed by atoms with Crippen LogP contribution in [0.2, 0.25) is 0 Å². The van der Waals surface area contributed by atoms with Crippen molar-refractivity contribution in [3.05, 3.63) is 100 Å². The van der Waals surface area contributed by atoms with Crippen LogP contribution in [0.5, 0.6) is 5.75 Å². The predicted octanol–water partition coefficient (Wildman–Crippen LogP) is 5.14. The fourth-order valence-electron chi connectivity index (χ4n) is 4.79. The van der Waals surface area contributed by atoms with Gasteiger partial charge in [-0.3, -0.25) is 9.59 Å². The maximum absolute atomic E-state index is 13.9. The lowest BCUT2D eigenvalue weighted by molar-refractivity contribution is -0.133. The minimum Gasteiger partial charge on any atom is -0.496 e. The third-order valence-electron chi connectivity index (χ3n) is 6.69. The molecule has 0 bridgehead atoms. The van der Waals surface area contributed by atoms with Gasteiger partial charge >= 0.3 is 0 Å². The van der Waals surface area contributed by atoms with Gasteiger partial charge in [0, 0.05) is 34.0 Å². The average molecular weight is 532 g/mol. The Morgan fingerprint density at radius 2 is 1.83 bits per heavy atom. The van der Waals surface area contributed by atoms with Crippen molar-refractivity contribution >= 4 is 38.6 Å². The molecule has 1 aliphatic heterocycles. The van der Waals surface area contributed by atoms with Crippen LogP contribution in [0.15, 0.2) is 83.3 Å². The number of hydrogen-bond donors (Lipinski definition) is 1. The molecule has 2 amide bonds. The number of amides is 2. The summed E-state index contributed by atoms with van der Waals surface area (Å²) in [5.41, 5.74) is 2.26. The Morgan fingerprint density at radius 1 is 1.06 bits per heavy atom. The number of carbonyl (C=O) groups excluding carboxylic acids is 2. The topological polar surface area (TPSA) is 63.6 Å². The van der Waals surface area contributed by atoms with Crippen LogP contribution in [0.25, 0.3) is 10.9 Å². The zero-order valence-electron chi connectivity index (χ0n) is 19.6. The normalized spacial score (nSPS) is 17.3. The van der Waals surface area contributed by atoms with Gasteiger partial charge in [-0.15, -0.1) is 0 Å². The smallest absolute Gasteiger partial charge is 0.271 e. The van der Waals surface area contributed by atoms with Gasteiger partial charge in [0.15, 0.2) is 0 Å². The van der Waals surface area contributed by atoms with Crippen LogP contribution >= 0.6 is 15.9 Å². The number of rotatable bonds is 6. The number of halogens is 1. The number of para-hydroxylation sites is 2. The molecule has 3 aromatic carbocycles. The molecule has 5 rings (SSSR count). The van der Waals surface area contributed by atoms with Gasteiger partial charge in [-0.2, -0.15) is 0 Å². The van der Waals surface area contributed by atoms with E-state index in [-0.39, 0.29) is 11.8 Å². The van der Waals surface area contributed by atoms with E-state index >= 15 is 0 Å². The Kier molecular flexibility index (Phi) is 6.11. The largest absolute Gasteiger partial charge is 0.496 e. The molecule has 0 saturated carbocycles. The van der Waals surface area contributed by atoms with E-state index in [4.69, 9.17) is 4.74 Å². The SMILES string of the molecule is COc1ccccc1CNC(=O)[C@@]1(C)Cn2c(cc3ccccc32)C(=O)N1Cc1cccc(Br)c1. The highest BCUT2D eigenvalue weighted by atomic mass is 79.9. The second-order valence-electron chi connectivity index (χ2n) is 8.96. The molecule has 6 nitrogen and oxygen atoms in total. The van der Waals surface area contributed by atoms with Crippen LogP contribution in [0, 0.1) is 0 Å². The molecule has 35 heavy (non-hydrogen) atoms. The van der Waals surface area contributed by atoms with E-state index in [0.29, 0.717) is 31.1 Å².